The number of nitrogens with zero attached hydrogens (tertiary/aromatic N) is 3. The zero-order valence-corrected chi connectivity index (χ0v) is 13.9. The second-order valence-electron chi connectivity index (χ2n) is 6.23. The van der Waals surface area contributed by atoms with Crippen LogP contribution in [0.5, 0.6) is 0 Å². The highest BCUT2D eigenvalue weighted by molar-refractivity contribution is 5.08. The van der Waals surface area contributed by atoms with Crippen LogP contribution in [0.4, 0.5) is 0 Å². The van der Waals surface area contributed by atoms with Crippen molar-refractivity contribution in [3.05, 3.63) is 18.2 Å². The van der Waals surface area contributed by atoms with Crippen LogP contribution in [0, 0.1) is 5.92 Å². The van der Waals surface area contributed by atoms with Gasteiger partial charge in [-0.15, -0.1) is 0 Å². The molecule has 2 heterocycles. The lowest BCUT2D eigenvalue weighted by Gasteiger charge is -2.39. The summed E-state index contributed by atoms with van der Waals surface area (Å²) in [5, 5.41) is 3.64. The largest absolute Gasteiger partial charge is 0.380 e. The number of hydrogen-bond acceptors (Lipinski definition) is 4. The quantitative estimate of drug-likeness (QED) is 0.833. The van der Waals surface area contributed by atoms with Gasteiger partial charge in [0.05, 0.1) is 24.7 Å². The van der Waals surface area contributed by atoms with E-state index in [-0.39, 0.29) is 0 Å². The van der Waals surface area contributed by atoms with Crippen LogP contribution < -0.4 is 5.32 Å². The van der Waals surface area contributed by atoms with Crippen molar-refractivity contribution in [3.63, 3.8) is 0 Å². The molecule has 0 aliphatic carbocycles. The predicted molar refractivity (Wildman–Crippen MR) is 85.3 cm³/mol. The molecule has 0 saturated carbocycles. The van der Waals surface area contributed by atoms with Gasteiger partial charge in [-0.2, -0.15) is 0 Å². The molecular formula is C16H30N4O. The molecule has 0 radical (unpaired) electrons. The lowest BCUT2D eigenvalue weighted by molar-refractivity contribution is 0.0987. The fraction of sp³-hybridized carbons (Fsp3) is 0.812. The summed E-state index contributed by atoms with van der Waals surface area (Å²) in [4.78, 5) is 6.77. The first-order valence-corrected chi connectivity index (χ1v) is 8.11. The molecular weight excluding hydrogens is 264 g/mol. The topological polar surface area (TPSA) is 42.3 Å². The van der Waals surface area contributed by atoms with Gasteiger partial charge in [0, 0.05) is 32.4 Å². The number of likely N-dealkylation sites (tertiary alicyclic amines) is 1. The van der Waals surface area contributed by atoms with Gasteiger partial charge in [-0.25, -0.2) is 4.98 Å². The van der Waals surface area contributed by atoms with Gasteiger partial charge in [0.15, 0.2) is 0 Å². The van der Waals surface area contributed by atoms with Crippen LogP contribution in [0.15, 0.2) is 12.5 Å². The molecule has 1 aromatic heterocycles. The fourth-order valence-electron chi connectivity index (χ4n) is 3.30. The molecule has 0 aromatic carbocycles. The van der Waals surface area contributed by atoms with E-state index in [2.05, 4.69) is 40.8 Å². The molecule has 1 aromatic rings. The van der Waals surface area contributed by atoms with Crippen molar-refractivity contribution >= 4 is 0 Å². The summed E-state index contributed by atoms with van der Waals surface area (Å²) in [6, 6.07) is 0.863. The van der Waals surface area contributed by atoms with Crippen molar-refractivity contribution in [3.8, 4) is 0 Å². The minimum atomic E-state index is 0.407. The molecule has 120 valence electrons. The first-order valence-electron chi connectivity index (χ1n) is 8.11. The van der Waals surface area contributed by atoms with Crippen LogP contribution in [0.2, 0.25) is 0 Å². The molecule has 1 fully saturated rings. The Hall–Kier alpha value is -0.910. The van der Waals surface area contributed by atoms with Crippen molar-refractivity contribution in [1.29, 1.82) is 0 Å². The Morgan fingerprint density at radius 1 is 1.48 bits per heavy atom. The number of ether oxygens (including phenoxy) is 1. The lowest BCUT2D eigenvalue weighted by atomic mass is 9.87. The number of aryl methyl sites for hydroxylation is 1. The van der Waals surface area contributed by atoms with E-state index in [1.165, 1.54) is 25.1 Å². The third kappa shape index (κ3) is 4.28. The average Bonchev–Trinajstić information content (AvgIpc) is 2.88. The molecule has 0 spiro atoms. The Labute approximate surface area is 128 Å². The Balaban J connectivity index is 1.97. The molecule has 1 aliphatic heterocycles. The van der Waals surface area contributed by atoms with Crippen molar-refractivity contribution in [2.24, 2.45) is 13.0 Å². The highest BCUT2D eigenvalue weighted by atomic mass is 16.5. The van der Waals surface area contributed by atoms with E-state index in [0.717, 1.165) is 19.8 Å². The minimum absolute atomic E-state index is 0.407. The second kappa shape index (κ2) is 7.92. The molecule has 3 atom stereocenters. The number of nitrogens with one attached hydrogen (secondary N) is 1. The lowest BCUT2D eigenvalue weighted by Crippen LogP contribution is -2.43. The van der Waals surface area contributed by atoms with Gasteiger partial charge in [-0.1, -0.05) is 0 Å². The third-order valence-electron chi connectivity index (χ3n) is 4.46. The van der Waals surface area contributed by atoms with Gasteiger partial charge >= 0.3 is 0 Å². The fourth-order valence-corrected chi connectivity index (χ4v) is 3.30. The van der Waals surface area contributed by atoms with E-state index >= 15 is 0 Å². The van der Waals surface area contributed by atoms with Gasteiger partial charge in [-0.05, 0) is 46.2 Å². The Bertz CT molecular complexity index is 420. The first kappa shape index (κ1) is 16.5. The van der Waals surface area contributed by atoms with Gasteiger partial charge in [0.25, 0.3) is 0 Å². The molecule has 5 heteroatoms. The van der Waals surface area contributed by atoms with Crippen molar-refractivity contribution in [2.45, 2.75) is 38.8 Å². The molecule has 21 heavy (non-hydrogen) atoms. The maximum absolute atomic E-state index is 5.49. The normalized spacial score (nSPS) is 25.1. The van der Waals surface area contributed by atoms with E-state index in [1.54, 1.807) is 0 Å². The molecule has 0 amide bonds. The zero-order chi connectivity index (χ0) is 15.2. The van der Waals surface area contributed by atoms with Crippen LogP contribution in [0.3, 0.4) is 0 Å². The number of hydrogen-bond donors (Lipinski definition) is 1. The maximum atomic E-state index is 5.49. The molecule has 1 aliphatic rings. The van der Waals surface area contributed by atoms with Crippen LogP contribution >= 0.6 is 0 Å². The number of rotatable bonds is 7. The highest BCUT2D eigenvalue weighted by Crippen LogP contribution is 2.34. The molecule has 1 unspecified atom stereocenters. The summed E-state index contributed by atoms with van der Waals surface area (Å²) in [7, 11) is 4.32. The Morgan fingerprint density at radius 3 is 2.95 bits per heavy atom. The molecule has 5 nitrogen and oxygen atoms in total. The SMILES string of the molecule is CCOCC(C)NC[C@@H]1CCCN(C)[C@H]1c1cncn1C. The van der Waals surface area contributed by atoms with Crippen molar-refractivity contribution < 1.29 is 4.74 Å². The minimum Gasteiger partial charge on any atom is -0.380 e. The smallest absolute Gasteiger partial charge is 0.0946 e. The summed E-state index contributed by atoms with van der Waals surface area (Å²) in [6.07, 6.45) is 6.47. The summed E-state index contributed by atoms with van der Waals surface area (Å²) < 4.78 is 7.64. The van der Waals surface area contributed by atoms with E-state index < -0.39 is 0 Å². The average molecular weight is 294 g/mol. The Morgan fingerprint density at radius 2 is 2.29 bits per heavy atom. The summed E-state index contributed by atoms with van der Waals surface area (Å²) in [6.45, 7) is 8.02. The zero-order valence-electron chi connectivity index (χ0n) is 13.9. The van der Waals surface area contributed by atoms with E-state index in [0.29, 0.717) is 18.0 Å². The monoisotopic (exact) mass is 294 g/mol. The van der Waals surface area contributed by atoms with Gasteiger partial charge in [0.2, 0.25) is 0 Å². The Kier molecular flexibility index (Phi) is 6.21. The van der Waals surface area contributed by atoms with E-state index in [1.807, 2.05) is 19.4 Å². The molecule has 1 N–H and O–H groups in total. The standard InChI is InChI=1S/C16H30N4O/c1-5-21-11-13(2)18-9-14-7-6-8-19(3)16(14)15-10-17-12-20(15)4/h10,12-14,16,18H,5-9,11H2,1-4H3/t13?,14-,16+/m0/s1. The maximum Gasteiger partial charge on any atom is 0.0946 e. The van der Waals surface area contributed by atoms with Gasteiger partial charge in [0.1, 0.15) is 0 Å². The van der Waals surface area contributed by atoms with Crippen molar-refractivity contribution in [2.75, 3.05) is 33.4 Å². The third-order valence-corrected chi connectivity index (χ3v) is 4.46. The summed E-state index contributed by atoms with van der Waals surface area (Å²) in [5.74, 6) is 0.628. The first-order chi connectivity index (χ1) is 10.1. The second-order valence-corrected chi connectivity index (χ2v) is 6.23. The van der Waals surface area contributed by atoms with E-state index in [9.17, 15) is 0 Å². The van der Waals surface area contributed by atoms with Crippen LogP contribution in [0.25, 0.3) is 0 Å². The van der Waals surface area contributed by atoms with Gasteiger partial charge in [-0.3, -0.25) is 4.90 Å². The number of piperidine rings is 1. The highest BCUT2D eigenvalue weighted by Gasteiger charge is 2.32. The van der Waals surface area contributed by atoms with Crippen LogP contribution in [-0.2, 0) is 11.8 Å². The predicted octanol–water partition coefficient (Wildman–Crippen LogP) is 1.82. The van der Waals surface area contributed by atoms with Crippen LogP contribution in [-0.4, -0.2) is 53.8 Å². The number of aromatic nitrogens is 2. The van der Waals surface area contributed by atoms with Crippen molar-refractivity contribution in [1.82, 2.24) is 19.8 Å². The molecule has 1 saturated heterocycles. The molecule has 0 bridgehead atoms. The van der Waals surface area contributed by atoms with E-state index in [4.69, 9.17) is 4.74 Å². The van der Waals surface area contributed by atoms with Gasteiger partial charge < -0.3 is 14.6 Å². The summed E-state index contributed by atoms with van der Waals surface area (Å²) in [5.41, 5.74) is 1.32. The van der Waals surface area contributed by atoms with Crippen LogP contribution in [0.1, 0.15) is 38.4 Å². The number of imidazole rings is 1. The molecule has 2 rings (SSSR count). The summed E-state index contributed by atoms with van der Waals surface area (Å²) >= 11 is 0.